The van der Waals surface area contributed by atoms with Gasteiger partial charge in [-0.3, -0.25) is 14.5 Å². The summed E-state index contributed by atoms with van der Waals surface area (Å²) in [5, 5.41) is 3.15. The lowest BCUT2D eigenvalue weighted by Crippen LogP contribution is -2.48. The van der Waals surface area contributed by atoms with Crippen LogP contribution in [-0.2, 0) is 20.9 Å². The zero-order valence-electron chi connectivity index (χ0n) is 21.5. The molecule has 0 radical (unpaired) electrons. The second-order valence-corrected chi connectivity index (χ2v) is 10.7. The molecule has 1 aliphatic heterocycles. The third kappa shape index (κ3) is 7.98. The highest BCUT2D eigenvalue weighted by Gasteiger charge is 2.41. The van der Waals surface area contributed by atoms with Crippen molar-refractivity contribution in [1.82, 2.24) is 15.1 Å². The molecule has 1 saturated carbocycles. The lowest BCUT2D eigenvalue weighted by molar-refractivity contribution is -0.141. The average Bonchev–Trinajstić information content (AvgIpc) is 3.29. The molecule has 1 heterocycles. The van der Waals surface area contributed by atoms with Gasteiger partial charge < -0.3 is 20.7 Å². The Morgan fingerprint density at radius 3 is 2.57 bits per heavy atom. The second kappa shape index (κ2) is 13.3. The predicted octanol–water partition coefficient (Wildman–Crippen LogP) is 2.78. The number of amides is 2. The summed E-state index contributed by atoms with van der Waals surface area (Å²) in [6.45, 7) is 7.55. The summed E-state index contributed by atoms with van der Waals surface area (Å²) in [4.78, 5) is 30.2. The number of hydrogen-bond acceptors (Lipinski definition) is 5. The van der Waals surface area contributed by atoms with E-state index >= 15 is 0 Å². The van der Waals surface area contributed by atoms with Crippen LogP contribution in [0.15, 0.2) is 24.3 Å². The summed E-state index contributed by atoms with van der Waals surface area (Å²) in [5.41, 5.74) is 6.89. The molecule has 1 saturated heterocycles. The Kier molecular flexibility index (Phi) is 10.5. The number of benzene rings is 1. The largest absolute Gasteiger partial charge is 0.375 e. The fourth-order valence-corrected chi connectivity index (χ4v) is 5.61. The molecule has 4 unspecified atom stereocenters. The smallest absolute Gasteiger partial charge is 0.249 e. The third-order valence-corrected chi connectivity index (χ3v) is 7.37. The number of ether oxygens (including phenoxy) is 1. The first-order valence-electron chi connectivity index (χ1n) is 13.0. The molecule has 3 rings (SSSR count). The zero-order valence-corrected chi connectivity index (χ0v) is 21.5. The SMILES string of the molecule is COCC(=O)N1CC(N(Cc2ccc(F)cc2)CC(C)C)CC1C(=O)NCC1CCCC(CN)C1. The van der Waals surface area contributed by atoms with Crippen LogP contribution in [0.25, 0.3) is 0 Å². The summed E-state index contributed by atoms with van der Waals surface area (Å²) in [5.74, 6) is 0.886. The van der Waals surface area contributed by atoms with Crippen molar-refractivity contribution >= 4 is 11.8 Å². The number of nitrogens with one attached hydrogen (secondary N) is 1. The first kappa shape index (κ1) is 27.6. The molecule has 0 bridgehead atoms. The number of halogens is 1. The maximum Gasteiger partial charge on any atom is 0.249 e. The van der Waals surface area contributed by atoms with Gasteiger partial charge in [0, 0.05) is 39.3 Å². The van der Waals surface area contributed by atoms with Gasteiger partial charge in [-0.25, -0.2) is 4.39 Å². The second-order valence-electron chi connectivity index (χ2n) is 10.7. The van der Waals surface area contributed by atoms with Crippen LogP contribution >= 0.6 is 0 Å². The van der Waals surface area contributed by atoms with Gasteiger partial charge in [-0.05, 0) is 67.7 Å². The highest BCUT2D eigenvalue weighted by molar-refractivity contribution is 5.88. The minimum Gasteiger partial charge on any atom is -0.375 e. The van der Waals surface area contributed by atoms with E-state index in [4.69, 9.17) is 10.5 Å². The summed E-state index contributed by atoms with van der Waals surface area (Å²) < 4.78 is 18.5. The Morgan fingerprint density at radius 1 is 1.20 bits per heavy atom. The van der Waals surface area contributed by atoms with Crippen LogP contribution in [0.5, 0.6) is 0 Å². The van der Waals surface area contributed by atoms with Gasteiger partial charge in [-0.15, -0.1) is 0 Å². The number of methoxy groups -OCH3 is 1. The van der Waals surface area contributed by atoms with E-state index < -0.39 is 6.04 Å². The van der Waals surface area contributed by atoms with E-state index in [1.807, 2.05) is 0 Å². The monoisotopic (exact) mass is 490 g/mol. The van der Waals surface area contributed by atoms with Crippen molar-refractivity contribution in [3.05, 3.63) is 35.6 Å². The number of carbonyl (C=O) groups is 2. The molecule has 2 amide bonds. The molecule has 35 heavy (non-hydrogen) atoms. The lowest BCUT2D eigenvalue weighted by atomic mass is 9.81. The fraction of sp³-hybridized carbons (Fsp3) is 0.704. The van der Waals surface area contributed by atoms with E-state index in [-0.39, 0.29) is 30.3 Å². The Labute approximate surface area is 209 Å². The van der Waals surface area contributed by atoms with E-state index in [1.54, 1.807) is 17.0 Å². The molecule has 196 valence electrons. The topological polar surface area (TPSA) is 87.9 Å². The maximum atomic E-state index is 13.4. The number of rotatable bonds is 11. The molecule has 1 aliphatic carbocycles. The normalized spacial score (nSPS) is 24.8. The highest BCUT2D eigenvalue weighted by atomic mass is 19.1. The van der Waals surface area contributed by atoms with E-state index in [1.165, 1.54) is 25.7 Å². The number of nitrogens with zero attached hydrogens (tertiary/aromatic N) is 2. The van der Waals surface area contributed by atoms with Crippen molar-refractivity contribution in [3.63, 3.8) is 0 Å². The van der Waals surface area contributed by atoms with Gasteiger partial charge >= 0.3 is 0 Å². The summed E-state index contributed by atoms with van der Waals surface area (Å²) in [6, 6.07) is 6.07. The fourth-order valence-electron chi connectivity index (χ4n) is 5.61. The lowest BCUT2D eigenvalue weighted by Gasteiger charge is -2.30. The molecule has 1 aromatic rings. The predicted molar refractivity (Wildman–Crippen MR) is 135 cm³/mol. The Bertz CT molecular complexity index is 819. The van der Waals surface area contributed by atoms with Crippen molar-refractivity contribution in [2.45, 2.75) is 64.6 Å². The minimum atomic E-state index is -0.514. The number of hydrogen-bond donors (Lipinski definition) is 2. The quantitative estimate of drug-likeness (QED) is 0.498. The van der Waals surface area contributed by atoms with Crippen LogP contribution in [-0.4, -0.2) is 73.6 Å². The molecule has 0 spiro atoms. The molecule has 2 aliphatic rings. The van der Waals surface area contributed by atoms with Crippen LogP contribution < -0.4 is 11.1 Å². The minimum absolute atomic E-state index is 0.0373. The Balaban J connectivity index is 1.69. The van der Waals surface area contributed by atoms with Crippen LogP contribution in [0.1, 0.15) is 51.5 Å². The van der Waals surface area contributed by atoms with Gasteiger partial charge in [-0.2, -0.15) is 0 Å². The Morgan fingerprint density at radius 2 is 1.91 bits per heavy atom. The van der Waals surface area contributed by atoms with Gasteiger partial charge in [-0.1, -0.05) is 32.4 Å². The van der Waals surface area contributed by atoms with E-state index in [0.29, 0.717) is 50.4 Å². The van der Waals surface area contributed by atoms with Gasteiger partial charge in [0.1, 0.15) is 18.5 Å². The van der Waals surface area contributed by atoms with Crippen molar-refractivity contribution in [3.8, 4) is 0 Å². The molecule has 7 nitrogen and oxygen atoms in total. The van der Waals surface area contributed by atoms with Gasteiger partial charge in [0.15, 0.2) is 0 Å². The van der Waals surface area contributed by atoms with Gasteiger partial charge in [0.05, 0.1) is 0 Å². The van der Waals surface area contributed by atoms with Crippen LogP contribution in [0, 0.1) is 23.6 Å². The van der Waals surface area contributed by atoms with Gasteiger partial charge in [0.2, 0.25) is 11.8 Å². The molecular weight excluding hydrogens is 447 g/mol. The number of nitrogens with two attached hydrogens (primary N) is 1. The zero-order chi connectivity index (χ0) is 25.4. The molecule has 2 fully saturated rings. The van der Waals surface area contributed by atoms with E-state index in [2.05, 4.69) is 24.1 Å². The van der Waals surface area contributed by atoms with Crippen LogP contribution in [0.3, 0.4) is 0 Å². The molecule has 1 aromatic carbocycles. The first-order chi connectivity index (χ1) is 16.8. The van der Waals surface area contributed by atoms with Crippen molar-refractivity contribution in [2.24, 2.45) is 23.5 Å². The van der Waals surface area contributed by atoms with Gasteiger partial charge in [0.25, 0.3) is 0 Å². The van der Waals surface area contributed by atoms with Crippen molar-refractivity contribution < 1.29 is 18.7 Å². The summed E-state index contributed by atoms with van der Waals surface area (Å²) in [6.07, 6.45) is 5.06. The first-order valence-corrected chi connectivity index (χ1v) is 13.0. The maximum absolute atomic E-state index is 13.4. The molecule has 4 atom stereocenters. The van der Waals surface area contributed by atoms with Crippen LogP contribution in [0.2, 0.25) is 0 Å². The van der Waals surface area contributed by atoms with E-state index in [0.717, 1.165) is 31.4 Å². The molecule has 0 aromatic heterocycles. The van der Waals surface area contributed by atoms with E-state index in [9.17, 15) is 14.0 Å². The van der Waals surface area contributed by atoms with Crippen LogP contribution in [0.4, 0.5) is 4.39 Å². The third-order valence-electron chi connectivity index (χ3n) is 7.37. The summed E-state index contributed by atoms with van der Waals surface area (Å²) >= 11 is 0. The van der Waals surface area contributed by atoms with Crippen molar-refractivity contribution in [1.29, 1.82) is 0 Å². The standard InChI is InChI=1S/C27H43FN4O3/c1-19(2)15-31(16-20-7-9-23(28)10-8-20)24-12-25(32(17-24)26(33)18-35-3)27(34)30-14-22-6-4-5-21(11-22)13-29/h7-10,19,21-22,24-25H,4-6,11-18,29H2,1-3H3,(H,30,34). The molecule has 3 N–H and O–H groups in total. The molecular formula is C27H43FN4O3. The summed E-state index contributed by atoms with van der Waals surface area (Å²) in [7, 11) is 1.50. The van der Waals surface area contributed by atoms with Crippen molar-refractivity contribution in [2.75, 3.05) is 39.9 Å². The Hall–Kier alpha value is -2.03. The highest BCUT2D eigenvalue weighted by Crippen LogP contribution is 2.29. The average molecular weight is 491 g/mol. The number of likely N-dealkylation sites (tertiary alicyclic amines) is 1. The molecule has 8 heteroatoms. The number of carbonyl (C=O) groups excluding carboxylic acids is 2.